The van der Waals surface area contributed by atoms with E-state index in [0.717, 1.165) is 0 Å². The van der Waals surface area contributed by atoms with Crippen molar-refractivity contribution in [1.82, 2.24) is 0 Å². The van der Waals surface area contributed by atoms with Gasteiger partial charge in [0.2, 0.25) is 0 Å². The molecule has 0 saturated heterocycles. The molecular weight excluding hydrogens is 187 g/mol. The second kappa shape index (κ2) is 102. The third kappa shape index (κ3) is 213. The van der Waals surface area contributed by atoms with E-state index >= 15 is 0 Å². The van der Waals surface area contributed by atoms with E-state index in [1.165, 1.54) is 0 Å². The van der Waals surface area contributed by atoms with E-state index in [-0.39, 0.29) is 36.5 Å². The first-order chi connectivity index (χ1) is 4.24. The van der Waals surface area contributed by atoms with Crippen LogP contribution < -0.4 is 0 Å². The fourth-order valence-electron chi connectivity index (χ4n) is 0. The van der Waals surface area contributed by atoms with Crippen LogP contribution in [0.3, 0.4) is 0 Å². The molecule has 0 saturated carbocycles. The van der Waals surface area contributed by atoms with Crippen molar-refractivity contribution in [2.24, 2.45) is 0 Å². The van der Waals surface area contributed by atoms with Crippen molar-refractivity contribution >= 4 is 19.4 Å². The molecule has 0 atom stereocenters. The molecule has 10 heavy (non-hydrogen) atoms. The van der Waals surface area contributed by atoms with Crippen LogP contribution in [0, 0.1) is 0 Å². The van der Waals surface area contributed by atoms with Crippen molar-refractivity contribution in [3.63, 3.8) is 0 Å². The number of carboxylic acid groups (broad SMARTS) is 3. The number of rotatable bonds is 0. The van der Waals surface area contributed by atoms with Gasteiger partial charge in [-0.25, -0.2) is 0 Å². The third-order valence-electron chi connectivity index (χ3n) is 0. The van der Waals surface area contributed by atoms with Crippen LogP contribution in [-0.2, 0) is 31.5 Å². The van der Waals surface area contributed by atoms with Crippen molar-refractivity contribution in [2.75, 3.05) is 0 Å². The minimum Gasteiger partial charge on any atom is -0.483 e. The van der Waals surface area contributed by atoms with Gasteiger partial charge in [0.25, 0.3) is 19.4 Å². The van der Waals surface area contributed by atoms with Gasteiger partial charge in [-0.05, 0) is 0 Å². The largest absolute Gasteiger partial charge is 0.483 e. The van der Waals surface area contributed by atoms with Gasteiger partial charge in [-0.3, -0.25) is 14.4 Å². The number of hydrogen-bond donors (Lipinski definition) is 3. The van der Waals surface area contributed by atoms with E-state index in [9.17, 15) is 0 Å². The molecule has 0 spiro atoms. The molecule has 61 valence electrons. The monoisotopic (exact) mass is 193 g/mol. The summed E-state index contributed by atoms with van der Waals surface area (Å²) in [7, 11) is 0. The van der Waals surface area contributed by atoms with E-state index in [4.69, 9.17) is 29.7 Å². The maximum Gasteiger partial charge on any atom is 0.290 e. The topological polar surface area (TPSA) is 112 Å². The van der Waals surface area contributed by atoms with E-state index in [1.54, 1.807) is 0 Å². The molecule has 0 amide bonds. The number of hydrogen-bond acceptors (Lipinski definition) is 3. The quantitative estimate of drug-likeness (QED) is 0.339. The molecule has 7 heteroatoms. The first-order valence-corrected chi connectivity index (χ1v) is 1.48. The van der Waals surface area contributed by atoms with Crippen LogP contribution in [0.15, 0.2) is 0 Å². The standard InChI is InChI=1S/3CH2O2.Mn/c3*2-1-3;/h3*1H,(H,2,3);. The van der Waals surface area contributed by atoms with Gasteiger partial charge in [-0.1, -0.05) is 0 Å². The Hall–Kier alpha value is -1.07. The zero-order valence-electron chi connectivity index (χ0n) is 4.68. The molecule has 0 heterocycles. The minimum atomic E-state index is -0.250. The van der Waals surface area contributed by atoms with Gasteiger partial charge in [0.1, 0.15) is 0 Å². The fourth-order valence-corrected chi connectivity index (χ4v) is 0. The number of carbonyl (C=O) groups is 3. The van der Waals surface area contributed by atoms with Gasteiger partial charge in [-0.2, -0.15) is 0 Å². The summed E-state index contributed by atoms with van der Waals surface area (Å²) < 4.78 is 0. The fraction of sp³-hybridized carbons (Fsp3) is 0. The molecule has 6 nitrogen and oxygen atoms in total. The molecule has 0 aliphatic heterocycles. The summed E-state index contributed by atoms with van der Waals surface area (Å²) in [6.07, 6.45) is 0. The van der Waals surface area contributed by atoms with Crippen LogP contribution >= 0.6 is 0 Å². The Kier molecular flexibility index (Phi) is 236. The molecular formula is C3H6MnO6. The zero-order chi connectivity index (χ0) is 8.12. The van der Waals surface area contributed by atoms with Gasteiger partial charge in [0.05, 0.1) is 0 Å². The van der Waals surface area contributed by atoms with Crippen molar-refractivity contribution in [3.8, 4) is 0 Å². The smallest absolute Gasteiger partial charge is 0.290 e. The molecule has 0 aromatic carbocycles. The Morgan fingerprint density at radius 2 is 0.700 bits per heavy atom. The summed E-state index contributed by atoms with van der Waals surface area (Å²) in [6, 6.07) is 0. The second-order valence-electron chi connectivity index (χ2n) is 0.316. The third-order valence-corrected chi connectivity index (χ3v) is 0. The van der Waals surface area contributed by atoms with Gasteiger partial charge in [0, 0.05) is 17.1 Å². The average molecular weight is 193 g/mol. The normalized spacial score (nSPS) is 3.60. The van der Waals surface area contributed by atoms with Gasteiger partial charge in [0.15, 0.2) is 0 Å². The van der Waals surface area contributed by atoms with Crippen molar-refractivity contribution < 1.29 is 46.8 Å². The minimum absolute atomic E-state index is 0. The molecule has 1 radical (unpaired) electrons. The summed E-state index contributed by atoms with van der Waals surface area (Å²) in [5.74, 6) is 0. The van der Waals surface area contributed by atoms with Crippen LogP contribution in [0.5, 0.6) is 0 Å². The Labute approximate surface area is 66.9 Å². The average Bonchev–Trinajstić information content (AvgIpc) is 1.70. The summed E-state index contributed by atoms with van der Waals surface area (Å²) in [5.41, 5.74) is 0. The van der Waals surface area contributed by atoms with Crippen LogP contribution in [-0.4, -0.2) is 34.7 Å². The summed E-state index contributed by atoms with van der Waals surface area (Å²) >= 11 is 0. The Morgan fingerprint density at radius 1 is 0.700 bits per heavy atom. The van der Waals surface area contributed by atoms with Crippen molar-refractivity contribution in [1.29, 1.82) is 0 Å². The maximum absolute atomic E-state index is 8.36. The first-order valence-electron chi connectivity index (χ1n) is 1.48. The maximum atomic E-state index is 8.36. The van der Waals surface area contributed by atoms with E-state index in [2.05, 4.69) is 0 Å². The second-order valence-corrected chi connectivity index (χ2v) is 0.316. The van der Waals surface area contributed by atoms with Gasteiger partial charge in [-0.15, -0.1) is 0 Å². The predicted molar refractivity (Wildman–Crippen MR) is 26.1 cm³/mol. The van der Waals surface area contributed by atoms with E-state index in [0.29, 0.717) is 0 Å². The van der Waals surface area contributed by atoms with E-state index < -0.39 is 0 Å². The predicted octanol–water partition coefficient (Wildman–Crippen LogP) is -0.900. The molecule has 0 aromatic heterocycles. The molecule has 0 aliphatic rings. The van der Waals surface area contributed by atoms with Crippen LogP contribution in [0.1, 0.15) is 0 Å². The molecule has 0 bridgehead atoms. The van der Waals surface area contributed by atoms with Crippen LogP contribution in [0.25, 0.3) is 0 Å². The zero-order valence-corrected chi connectivity index (χ0v) is 5.86. The van der Waals surface area contributed by atoms with Gasteiger partial charge >= 0.3 is 0 Å². The molecule has 3 N–H and O–H groups in total. The van der Waals surface area contributed by atoms with E-state index in [1.807, 2.05) is 0 Å². The molecule has 0 aliphatic carbocycles. The van der Waals surface area contributed by atoms with Crippen molar-refractivity contribution in [2.45, 2.75) is 0 Å². The summed E-state index contributed by atoms with van der Waals surface area (Å²) in [4.78, 5) is 25.1. The Morgan fingerprint density at radius 3 is 0.700 bits per heavy atom. The molecule has 0 rings (SSSR count). The van der Waals surface area contributed by atoms with Gasteiger partial charge < -0.3 is 15.3 Å². The first kappa shape index (κ1) is 23.1. The molecule has 0 fully saturated rings. The SMILES string of the molecule is O=CO.O=CO.O=CO.[Mn]. The van der Waals surface area contributed by atoms with Crippen LogP contribution in [0.2, 0.25) is 0 Å². The Balaban J connectivity index is -0.0000000257. The Bertz CT molecular complexity index is 49.7. The van der Waals surface area contributed by atoms with Crippen LogP contribution in [0.4, 0.5) is 0 Å². The summed E-state index contributed by atoms with van der Waals surface area (Å²) in [6.45, 7) is -0.750. The molecule has 0 aromatic rings. The van der Waals surface area contributed by atoms with Crippen molar-refractivity contribution in [3.05, 3.63) is 0 Å². The summed E-state index contributed by atoms with van der Waals surface area (Å²) in [5, 5.41) is 20.7. The molecule has 0 unspecified atom stereocenters.